The highest BCUT2D eigenvalue weighted by atomic mass is 32.1. The van der Waals surface area contributed by atoms with Crippen LogP contribution in [0, 0.1) is 21.4 Å². The van der Waals surface area contributed by atoms with Crippen molar-refractivity contribution in [2.24, 2.45) is 0 Å². The first kappa shape index (κ1) is 39.4. The standard InChI is InChI=1S/C50H46N5O2S/c1-6-52(45-24-16-17-25-46(45)55(56)57)50-44(34-51)48(37-18-10-7-11-19-37)49(58-50)47(38-26-30-42(31-27-38)53(35(2)3)40-20-12-8-13-21-40)39-28-32-43(33-29-39)54(36(4)5)41-22-14-9-15-23-41/h7-33,35-36H,6H2,1-5H3/q+1. The van der Waals surface area contributed by atoms with E-state index >= 15 is 0 Å². The molecule has 1 aliphatic carbocycles. The van der Waals surface area contributed by atoms with Gasteiger partial charge in [0.25, 0.3) is 5.69 Å². The van der Waals surface area contributed by atoms with Gasteiger partial charge in [-0.25, -0.2) is 0 Å². The lowest BCUT2D eigenvalue weighted by molar-refractivity contribution is -0.474. The number of rotatable bonds is 12. The number of nitro benzene ring substituents is 1. The molecule has 6 aromatic rings. The maximum absolute atomic E-state index is 12.3. The summed E-state index contributed by atoms with van der Waals surface area (Å²) in [6.45, 7) is 11.1. The van der Waals surface area contributed by atoms with Gasteiger partial charge in [-0.05, 0) is 93.8 Å². The third-order valence-electron chi connectivity index (χ3n) is 10.2. The first-order chi connectivity index (χ1) is 28.2. The van der Waals surface area contributed by atoms with Gasteiger partial charge < -0.3 is 9.80 Å². The zero-order chi connectivity index (χ0) is 40.8. The first-order valence-corrected chi connectivity index (χ1v) is 20.4. The molecule has 1 heterocycles. The molecule has 7 nitrogen and oxygen atoms in total. The van der Waals surface area contributed by atoms with Gasteiger partial charge in [-0.15, -0.1) is 11.3 Å². The molecule has 8 heteroatoms. The highest BCUT2D eigenvalue weighted by molar-refractivity contribution is 7.18. The number of nitro groups is 1. The summed E-state index contributed by atoms with van der Waals surface area (Å²) in [5.41, 5.74) is 9.89. The second kappa shape index (κ2) is 17.5. The fourth-order valence-corrected chi connectivity index (χ4v) is 9.15. The second-order valence-corrected chi connectivity index (χ2v) is 15.5. The molecule has 0 saturated carbocycles. The lowest BCUT2D eigenvalue weighted by atomic mass is 9.90. The molecule has 0 N–H and O–H groups in total. The summed E-state index contributed by atoms with van der Waals surface area (Å²) in [5, 5.41) is 24.0. The average molecular weight is 781 g/mol. The van der Waals surface area contributed by atoms with Crippen molar-refractivity contribution in [1.82, 2.24) is 0 Å². The Labute approximate surface area is 345 Å². The second-order valence-electron chi connectivity index (χ2n) is 14.5. The van der Waals surface area contributed by atoms with Crippen LogP contribution >= 0.6 is 11.3 Å². The molecule has 0 fully saturated rings. The van der Waals surface area contributed by atoms with Gasteiger partial charge in [0, 0.05) is 70.3 Å². The number of hydrogen-bond acceptors (Lipinski definition) is 6. The van der Waals surface area contributed by atoms with Gasteiger partial charge in [0.15, 0.2) is 6.04 Å². The maximum atomic E-state index is 12.3. The molecule has 0 unspecified atom stereocenters. The highest BCUT2D eigenvalue weighted by Crippen LogP contribution is 2.50. The van der Waals surface area contributed by atoms with Crippen LogP contribution in [0.1, 0.15) is 50.6 Å². The third kappa shape index (κ3) is 7.90. The van der Waals surface area contributed by atoms with E-state index in [1.165, 1.54) is 17.4 Å². The Balaban J connectivity index is 1.49. The van der Waals surface area contributed by atoms with Crippen molar-refractivity contribution in [3.63, 3.8) is 0 Å². The van der Waals surface area contributed by atoms with E-state index in [1.54, 1.807) is 18.2 Å². The van der Waals surface area contributed by atoms with Crippen LogP contribution < -0.4 is 9.80 Å². The quantitative estimate of drug-likeness (QED) is 0.0702. The molecule has 0 bridgehead atoms. The van der Waals surface area contributed by atoms with Crippen molar-refractivity contribution < 1.29 is 9.50 Å². The fourth-order valence-electron chi connectivity index (χ4n) is 7.71. The lowest BCUT2D eigenvalue weighted by Gasteiger charge is -2.29. The van der Waals surface area contributed by atoms with E-state index in [2.05, 4.69) is 140 Å². The minimum atomic E-state index is -0.358. The Hall–Kier alpha value is -6.82. The van der Waals surface area contributed by atoms with Crippen LogP contribution in [0.25, 0.3) is 16.7 Å². The normalized spacial score (nSPS) is 12.2. The smallest absolute Gasteiger partial charge is 0.292 e. The summed E-state index contributed by atoms with van der Waals surface area (Å²) in [6.07, 6.45) is 8.67. The minimum absolute atomic E-state index is 0.0129. The predicted molar refractivity (Wildman–Crippen MR) is 241 cm³/mol. The van der Waals surface area contributed by atoms with E-state index in [0.717, 1.165) is 55.5 Å². The molecule has 288 valence electrons. The van der Waals surface area contributed by atoms with E-state index in [-0.39, 0.29) is 22.7 Å². The molecular weight excluding hydrogens is 735 g/mol. The molecule has 0 aliphatic heterocycles. The molecule has 7 rings (SSSR count). The van der Waals surface area contributed by atoms with E-state index in [4.69, 9.17) is 0 Å². The van der Waals surface area contributed by atoms with Gasteiger partial charge in [0.1, 0.15) is 16.8 Å². The number of para-hydroxylation sites is 4. The monoisotopic (exact) mass is 780 g/mol. The zero-order valence-electron chi connectivity index (χ0n) is 33.4. The summed E-state index contributed by atoms with van der Waals surface area (Å²) in [5.74, 6) is 0. The number of allylic oxidation sites excluding steroid dienone is 5. The molecule has 0 radical (unpaired) electrons. The van der Waals surface area contributed by atoms with Crippen LogP contribution in [0.3, 0.4) is 0 Å². The van der Waals surface area contributed by atoms with Gasteiger partial charge in [0.2, 0.25) is 11.4 Å². The maximum Gasteiger partial charge on any atom is 0.292 e. The summed E-state index contributed by atoms with van der Waals surface area (Å²) >= 11 is 1.50. The molecule has 5 aromatic carbocycles. The van der Waals surface area contributed by atoms with Crippen LogP contribution in [-0.4, -0.2) is 33.8 Å². The molecular formula is C50H46N5O2S+. The summed E-state index contributed by atoms with van der Waals surface area (Å²) in [4.78, 5) is 17.1. The molecule has 0 amide bonds. The van der Waals surface area contributed by atoms with Gasteiger partial charge in [0.05, 0.1) is 10.5 Å². The van der Waals surface area contributed by atoms with Crippen LogP contribution in [0.15, 0.2) is 169 Å². The first-order valence-electron chi connectivity index (χ1n) is 19.6. The molecule has 0 atom stereocenters. The van der Waals surface area contributed by atoms with Crippen LogP contribution in [0.2, 0.25) is 0 Å². The Kier molecular flexibility index (Phi) is 11.9. The lowest BCUT2D eigenvalue weighted by Crippen LogP contribution is -2.25. The largest absolute Gasteiger partial charge is 0.339 e. The van der Waals surface area contributed by atoms with E-state index in [9.17, 15) is 15.4 Å². The van der Waals surface area contributed by atoms with Crippen molar-refractivity contribution in [1.29, 1.82) is 5.26 Å². The highest BCUT2D eigenvalue weighted by Gasteiger charge is 2.30. The van der Waals surface area contributed by atoms with Gasteiger partial charge in [-0.3, -0.25) is 10.1 Å². The summed E-state index contributed by atoms with van der Waals surface area (Å²) < 4.78 is 2.32. The topological polar surface area (TPSA) is 76.4 Å². The van der Waals surface area contributed by atoms with Crippen molar-refractivity contribution in [2.45, 2.75) is 46.7 Å². The van der Waals surface area contributed by atoms with Crippen LogP contribution in [0.5, 0.6) is 0 Å². The number of benzene rings is 5. The molecule has 58 heavy (non-hydrogen) atoms. The number of hydrogen-bond donors (Lipinski definition) is 0. The molecule has 1 aromatic heterocycles. The Morgan fingerprint density at radius 1 is 0.741 bits per heavy atom. The Bertz CT molecular complexity index is 2560. The van der Waals surface area contributed by atoms with Gasteiger partial charge in [-0.2, -0.15) is 9.84 Å². The van der Waals surface area contributed by atoms with Crippen molar-refractivity contribution in [3.8, 4) is 17.2 Å². The molecule has 0 saturated heterocycles. The van der Waals surface area contributed by atoms with Crippen LogP contribution in [-0.2, 0) is 0 Å². The van der Waals surface area contributed by atoms with Crippen molar-refractivity contribution in [2.75, 3.05) is 16.3 Å². The Morgan fingerprint density at radius 3 is 1.88 bits per heavy atom. The fraction of sp³-hybridized carbons (Fsp3) is 0.160. The van der Waals surface area contributed by atoms with Gasteiger partial charge >= 0.3 is 0 Å². The summed E-state index contributed by atoms with van der Waals surface area (Å²) in [7, 11) is 0. The predicted octanol–water partition coefficient (Wildman–Crippen LogP) is 13.0. The van der Waals surface area contributed by atoms with E-state index in [0.29, 0.717) is 22.8 Å². The number of thiophene rings is 1. The number of anilines is 4. The van der Waals surface area contributed by atoms with Crippen molar-refractivity contribution >= 4 is 56.1 Å². The number of nitriles is 1. The zero-order valence-corrected chi connectivity index (χ0v) is 34.2. The Morgan fingerprint density at radius 2 is 1.31 bits per heavy atom. The minimum Gasteiger partial charge on any atom is -0.339 e. The van der Waals surface area contributed by atoms with Gasteiger partial charge in [-0.1, -0.05) is 91.0 Å². The van der Waals surface area contributed by atoms with E-state index in [1.807, 2.05) is 54.3 Å². The number of nitrogens with zero attached hydrogens (tertiary/aromatic N) is 5. The molecule has 0 spiro atoms. The average Bonchev–Trinajstić information content (AvgIpc) is 3.62. The molecule has 1 aliphatic rings. The summed E-state index contributed by atoms with van der Waals surface area (Å²) in [6, 6.07) is 49.2. The van der Waals surface area contributed by atoms with Crippen molar-refractivity contribution in [3.05, 3.63) is 196 Å². The van der Waals surface area contributed by atoms with Crippen LogP contribution in [0.4, 0.5) is 33.4 Å². The third-order valence-corrected chi connectivity index (χ3v) is 11.4. The van der Waals surface area contributed by atoms with E-state index < -0.39 is 0 Å². The SMILES string of the molecule is CCN(c1ccccc1[N+](=O)[O-])c1sc(C(=C2C=CC(=[N+](c3ccccc3)C(C)C)C=C2)c2ccc(N(c3ccccc3)C(C)C)cc2)c(-c2ccccc2)c1C#N.